The standard InChI is InChI=1S/C62H44N2S2/c1-4-12-43(13-5-1)44-20-31-54(32-21-44)64-57-19-11-10-18-55(57)56-42-50(28-37-58(56)64)45-22-29-51(30-23-45)63(52-33-24-48(25-34-52)61-40-38-59(65-61)46-14-6-2-7-15-46)53-35-26-49(27-36-53)62-41-39-60(66-62)47-16-8-3-9-17-47/h1-2,4-8,10-42H,3,9H2. The summed E-state index contributed by atoms with van der Waals surface area (Å²) in [7, 11) is 0. The Morgan fingerprint density at radius 3 is 1.41 bits per heavy atom. The lowest BCUT2D eigenvalue weighted by atomic mass is 10.0. The minimum absolute atomic E-state index is 1.10. The number of aromatic nitrogens is 1. The summed E-state index contributed by atoms with van der Waals surface area (Å²) in [6.45, 7) is 0. The van der Waals surface area contributed by atoms with Crippen molar-refractivity contribution >= 4 is 67.1 Å². The van der Waals surface area contributed by atoms with Gasteiger partial charge < -0.3 is 9.47 Å². The summed E-state index contributed by atoms with van der Waals surface area (Å²) in [5.74, 6) is 0. The number of anilines is 3. The van der Waals surface area contributed by atoms with Crippen LogP contribution >= 0.6 is 22.7 Å². The first-order valence-electron chi connectivity index (χ1n) is 22.6. The zero-order valence-corrected chi connectivity index (χ0v) is 37.9. The molecule has 11 aromatic rings. The van der Waals surface area contributed by atoms with E-state index in [9.17, 15) is 0 Å². The third-order valence-electron chi connectivity index (χ3n) is 12.7. The van der Waals surface area contributed by atoms with Crippen LogP contribution in [-0.2, 0) is 0 Å². The van der Waals surface area contributed by atoms with Crippen molar-refractivity contribution in [1.29, 1.82) is 0 Å². The molecular formula is C62H44N2S2. The first-order valence-corrected chi connectivity index (χ1v) is 24.3. The highest BCUT2D eigenvalue weighted by molar-refractivity contribution is 7.18. The van der Waals surface area contributed by atoms with Gasteiger partial charge in [-0.3, -0.25) is 0 Å². The van der Waals surface area contributed by atoms with Crippen LogP contribution in [0, 0.1) is 0 Å². The van der Waals surface area contributed by atoms with E-state index in [0.717, 1.165) is 35.6 Å². The molecule has 314 valence electrons. The smallest absolute Gasteiger partial charge is 0.0541 e. The number of fused-ring (bicyclic) bond motifs is 3. The minimum Gasteiger partial charge on any atom is -0.311 e. The van der Waals surface area contributed by atoms with E-state index in [-0.39, 0.29) is 0 Å². The molecule has 1 aliphatic rings. The Hall–Kier alpha value is -7.76. The summed E-state index contributed by atoms with van der Waals surface area (Å²) in [6, 6.07) is 82.0. The van der Waals surface area contributed by atoms with Gasteiger partial charge in [0, 0.05) is 53.0 Å². The molecule has 1 aliphatic carbocycles. The van der Waals surface area contributed by atoms with Gasteiger partial charge in [0.25, 0.3) is 0 Å². The molecular weight excluding hydrogens is 837 g/mol. The normalized spacial score (nSPS) is 12.5. The molecule has 66 heavy (non-hydrogen) atoms. The van der Waals surface area contributed by atoms with Gasteiger partial charge in [0.05, 0.1) is 11.0 Å². The second-order valence-corrected chi connectivity index (χ2v) is 19.0. The van der Waals surface area contributed by atoms with E-state index in [1.54, 1.807) is 0 Å². The van der Waals surface area contributed by atoms with Crippen LogP contribution in [0.15, 0.2) is 243 Å². The van der Waals surface area contributed by atoms with Crippen molar-refractivity contribution in [2.24, 2.45) is 0 Å². The van der Waals surface area contributed by atoms with Crippen LogP contribution in [0.25, 0.3) is 86.6 Å². The molecule has 0 N–H and O–H groups in total. The molecule has 0 atom stereocenters. The number of hydrogen-bond acceptors (Lipinski definition) is 3. The summed E-state index contributed by atoms with van der Waals surface area (Å²) < 4.78 is 2.39. The fourth-order valence-corrected chi connectivity index (χ4v) is 11.4. The Morgan fingerprint density at radius 2 is 0.803 bits per heavy atom. The van der Waals surface area contributed by atoms with E-state index >= 15 is 0 Å². The predicted molar refractivity (Wildman–Crippen MR) is 285 cm³/mol. The summed E-state index contributed by atoms with van der Waals surface area (Å²) in [5, 5.41) is 2.49. The van der Waals surface area contributed by atoms with E-state index in [1.165, 1.54) is 85.8 Å². The van der Waals surface area contributed by atoms with E-state index < -0.39 is 0 Å². The van der Waals surface area contributed by atoms with Crippen LogP contribution in [0.2, 0.25) is 0 Å². The van der Waals surface area contributed by atoms with Crippen molar-refractivity contribution in [1.82, 2.24) is 4.57 Å². The first-order chi connectivity index (χ1) is 32.7. The summed E-state index contributed by atoms with van der Waals surface area (Å²) in [4.78, 5) is 7.52. The van der Waals surface area contributed by atoms with Gasteiger partial charge in [0.2, 0.25) is 0 Å². The number of benzene rings is 8. The first kappa shape index (κ1) is 39.8. The molecule has 0 saturated carbocycles. The number of thiophene rings is 2. The summed E-state index contributed by atoms with van der Waals surface area (Å²) in [6.07, 6.45) is 9.15. The Bertz CT molecular complexity index is 3530. The second-order valence-electron chi connectivity index (χ2n) is 16.8. The topological polar surface area (TPSA) is 8.17 Å². The van der Waals surface area contributed by atoms with Gasteiger partial charge in [-0.15, -0.1) is 22.7 Å². The second kappa shape index (κ2) is 17.3. The Labute approximate surface area is 394 Å². The van der Waals surface area contributed by atoms with Crippen molar-refractivity contribution in [2.75, 3.05) is 4.90 Å². The highest BCUT2D eigenvalue weighted by Crippen LogP contribution is 2.42. The van der Waals surface area contributed by atoms with Crippen LogP contribution in [0.1, 0.15) is 17.7 Å². The fourth-order valence-electron chi connectivity index (χ4n) is 9.36. The molecule has 0 saturated heterocycles. The van der Waals surface area contributed by atoms with Gasteiger partial charge in [-0.05, 0) is 148 Å². The quantitative estimate of drug-likeness (QED) is 0.133. The number of nitrogens with zero attached hydrogens (tertiary/aromatic N) is 2. The highest BCUT2D eigenvalue weighted by Gasteiger charge is 2.17. The van der Waals surface area contributed by atoms with Gasteiger partial charge in [-0.1, -0.05) is 152 Å². The van der Waals surface area contributed by atoms with Gasteiger partial charge in [0.15, 0.2) is 0 Å². The average molecular weight is 881 g/mol. The highest BCUT2D eigenvalue weighted by atomic mass is 32.1. The zero-order chi connectivity index (χ0) is 43.8. The molecule has 12 rings (SSSR count). The predicted octanol–water partition coefficient (Wildman–Crippen LogP) is 18.4. The van der Waals surface area contributed by atoms with Crippen molar-refractivity contribution in [3.63, 3.8) is 0 Å². The summed E-state index contributed by atoms with van der Waals surface area (Å²) in [5.41, 5.74) is 16.7. The zero-order valence-electron chi connectivity index (χ0n) is 36.2. The van der Waals surface area contributed by atoms with Gasteiger partial charge in [-0.25, -0.2) is 0 Å². The maximum atomic E-state index is 2.39. The molecule has 3 heterocycles. The maximum absolute atomic E-state index is 2.39. The Kier molecular flexibility index (Phi) is 10.4. The molecule has 2 nitrogen and oxygen atoms in total. The molecule has 3 aromatic heterocycles. The van der Waals surface area contributed by atoms with Crippen LogP contribution in [-0.4, -0.2) is 4.57 Å². The lowest BCUT2D eigenvalue weighted by molar-refractivity contribution is 1.04. The van der Waals surface area contributed by atoms with Crippen molar-refractivity contribution in [3.8, 4) is 59.3 Å². The van der Waals surface area contributed by atoms with Gasteiger partial charge >= 0.3 is 0 Å². The molecule has 0 amide bonds. The lowest BCUT2D eigenvalue weighted by Gasteiger charge is -2.26. The number of para-hydroxylation sites is 1. The maximum Gasteiger partial charge on any atom is 0.0541 e. The Morgan fingerprint density at radius 1 is 0.348 bits per heavy atom. The average Bonchev–Trinajstić information content (AvgIpc) is 4.17. The minimum atomic E-state index is 1.10. The van der Waals surface area contributed by atoms with Gasteiger partial charge in [0.1, 0.15) is 0 Å². The molecule has 0 fully saturated rings. The molecule has 0 aliphatic heterocycles. The molecule has 0 unspecified atom stereocenters. The van der Waals surface area contributed by atoms with Crippen molar-refractivity contribution < 1.29 is 0 Å². The van der Waals surface area contributed by atoms with E-state index in [1.807, 2.05) is 22.7 Å². The number of hydrogen-bond donors (Lipinski definition) is 0. The van der Waals surface area contributed by atoms with Crippen molar-refractivity contribution in [3.05, 3.63) is 248 Å². The number of rotatable bonds is 10. The van der Waals surface area contributed by atoms with E-state index in [4.69, 9.17) is 0 Å². The van der Waals surface area contributed by atoms with Gasteiger partial charge in [-0.2, -0.15) is 0 Å². The fraction of sp³-hybridized carbons (Fsp3) is 0.0323. The van der Waals surface area contributed by atoms with E-state index in [2.05, 4.69) is 252 Å². The molecule has 4 heteroatoms. The third kappa shape index (κ3) is 7.60. The van der Waals surface area contributed by atoms with Crippen LogP contribution in [0.4, 0.5) is 17.1 Å². The number of allylic oxidation sites excluding steroid dienone is 4. The SMILES string of the molecule is C1=CC(c2ccc(-c3ccc(N(c4ccc(-c5ccc6c(c5)c5ccccc5n6-c5ccc(-c6ccccc6)cc5)cc4)c4ccc(-c5ccc(-c6ccccc6)s5)cc4)cc3)s2)=CCC1. The molecule has 0 bridgehead atoms. The largest absolute Gasteiger partial charge is 0.311 e. The third-order valence-corrected chi connectivity index (χ3v) is 15.1. The summed E-state index contributed by atoms with van der Waals surface area (Å²) >= 11 is 3.70. The Balaban J connectivity index is 0.879. The van der Waals surface area contributed by atoms with Crippen LogP contribution < -0.4 is 4.90 Å². The molecule has 0 radical (unpaired) electrons. The van der Waals surface area contributed by atoms with Crippen LogP contribution in [0.3, 0.4) is 0 Å². The van der Waals surface area contributed by atoms with Crippen molar-refractivity contribution in [2.45, 2.75) is 12.8 Å². The lowest BCUT2D eigenvalue weighted by Crippen LogP contribution is -2.09. The van der Waals surface area contributed by atoms with Crippen LogP contribution in [0.5, 0.6) is 0 Å². The van der Waals surface area contributed by atoms with E-state index in [0.29, 0.717) is 0 Å². The molecule has 8 aromatic carbocycles. The monoisotopic (exact) mass is 880 g/mol. The molecule has 0 spiro atoms.